The van der Waals surface area contributed by atoms with E-state index in [1.165, 1.54) is 6.07 Å². The van der Waals surface area contributed by atoms with Crippen LogP contribution in [0.1, 0.15) is 11.1 Å². The quantitative estimate of drug-likeness (QED) is 0.550. The highest BCUT2D eigenvalue weighted by Crippen LogP contribution is 2.15. The Balaban J connectivity index is 2.37. The highest BCUT2D eigenvalue weighted by atomic mass is 35.5. The summed E-state index contributed by atoms with van der Waals surface area (Å²) in [5.74, 6) is 5.49. The van der Waals surface area contributed by atoms with Gasteiger partial charge in [-0.05, 0) is 18.2 Å². The van der Waals surface area contributed by atoms with Crippen LogP contribution in [0.5, 0.6) is 0 Å². The molecule has 0 aliphatic heterocycles. The smallest absolute Gasteiger partial charge is 0.445 e. The first-order valence-electron chi connectivity index (χ1n) is 5.53. The van der Waals surface area contributed by atoms with Crippen molar-refractivity contribution in [1.82, 2.24) is 0 Å². The summed E-state index contributed by atoms with van der Waals surface area (Å²) in [6.07, 6.45) is 0. The zero-order valence-electron chi connectivity index (χ0n) is 9.71. The molecule has 0 nitrogen and oxygen atoms in total. The van der Waals surface area contributed by atoms with Gasteiger partial charge in [-0.1, -0.05) is 53.8 Å². The minimum absolute atomic E-state index is 0.0362. The molecule has 0 fully saturated rings. The van der Waals surface area contributed by atoms with E-state index in [9.17, 15) is 12.9 Å². The highest BCUT2D eigenvalue weighted by molar-refractivity contribution is 6.73. The molecular formula is C14H8BClF3-. The van der Waals surface area contributed by atoms with Crippen LogP contribution >= 0.6 is 11.6 Å². The summed E-state index contributed by atoms with van der Waals surface area (Å²) < 4.78 is 38.0. The van der Waals surface area contributed by atoms with E-state index in [0.29, 0.717) is 0 Å². The van der Waals surface area contributed by atoms with E-state index in [2.05, 4.69) is 11.8 Å². The van der Waals surface area contributed by atoms with Crippen molar-refractivity contribution >= 4 is 24.0 Å². The van der Waals surface area contributed by atoms with Crippen LogP contribution in [0.2, 0.25) is 5.02 Å². The maximum Gasteiger partial charge on any atom is 0.509 e. The molecule has 0 aromatic heterocycles. The van der Waals surface area contributed by atoms with Crippen molar-refractivity contribution in [2.24, 2.45) is 0 Å². The standard InChI is InChI=1S/C14H8BClF3/c16-14-9-12(8-13(10-14)15(17,18)19)7-6-11-4-2-1-3-5-11/h1-5,8-10H/q-1. The molecule has 19 heavy (non-hydrogen) atoms. The first-order valence-corrected chi connectivity index (χ1v) is 5.90. The van der Waals surface area contributed by atoms with Crippen molar-refractivity contribution in [3.8, 4) is 11.8 Å². The molecule has 0 unspecified atom stereocenters. The van der Waals surface area contributed by atoms with E-state index in [1.807, 2.05) is 18.2 Å². The lowest BCUT2D eigenvalue weighted by Gasteiger charge is -2.15. The molecule has 2 rings (SSSR count). The Bertz CT molecular complexity index is 639. The molecule has 0 spiro atoms. The minimum atomic E-state index is -5.07. The summed E-state index contributed by atoms with van der Waals surface area (Å²) in [7, 11) is 0. The van der Waals surface area contributed by atoms with Gasteiger partial charge < -0.3 is 12.9 Å². The van der Waals surface area contributed by atoms with Gasteiger partial charge >= 0.3 is 6.98 Å². The Labute approximate surface area is 114 Å². The molecule has 2 aromatic rings. The summed E-state index contributed by atoms with van der Waals surface area (Å²) in [4.78, 5) is 0. The average molecular weight is 279 g/mol. The van der Waals surface area contributed by atoms with Crippen molar-refractivity contribution in [2.75, 3.05) is 0 Å². The lowest BCUT2D eigenvalue weighted by molar-refractivity contribution is 0.501. The van der Waals surface area contributed by atoms with Crippen LogP contribution in [0.25, 0.3) is 0 Å². The molecule has 0 saturated carbocycles. The molecule has 0 aliphatic carbocycles. The lowest BCUT2D eigenvalue weighted by atomic mass is 9.79. The Kier molecular flexibility index (Phi) is 3.87. The Hall–Kier alpha value is -1.86. The van der Waals surface area contributed by atoms with Gasteiger partial charge in [0.15, 0.2) is 0 Å². The fraction of sp³-hybridized carbons (Fsp3) is 0. The van der Waals surface area contributed by atoms with Crippen LogP contribution < -0.4 is 5.46 Å². The normalized spacial score (nSPS) is 10.7. The lowest BCUT2D eigenvalue weighted by Crippen LogP contribution is -2.34. The first kappa shape index (κ1) is 13.6. The zero-order chi connectivity index (χ0) is 13.9. The van der Waals surface area contributed by atoms with E-state index < -0.39 is 12.4 Å². The first-order chi connectivity index (χ1) is 8.95. The molecule has 0 heterocycles. The van der Waals surface area contributed by atoms with Crippen molar-refractivity contribution < 1.29 is 12.9 Å². The second-order valence-electron chi connectivity index (χ2n) is 3.96. The van der Waals surface area contributed by atoms with E-state index >= 15 is 0 Å². The van der Waals surface area contributed by atoms with E-state index in [-0.39, 0.29) is 10.6 Å². The molecule has 5 heteroatoms. The van der Waals surface area contributed by atoms with Crippen LogP contribution in [-0.4, -0.2) is 6.98 Å². The van der Waals surface area contributed by atoms with Crippen LogP contribution in [0.3, 0.4) is 0 Å². The van der Waals surface area contributed by atoms with Crippen molar-refractivity contribution in [2.45, 2.75) is 0 Å². The van der Waals surface area contributed by atoms with Gasteiger partial charge in [0.2, 0.25) is 0 Å². The Morgan fingerprint density at radius 1 is 0.842 bits per heavy atom. The van der Waals surface area contributed by atoms with Gasteiger partial charge in [-0.15, -0.1) is 5.46 Å². The predicted octanol–water partition coefficient (Wildman–Crippen LogP) is 3.79. The third-order valence-electron chi connectivity index (χ3n) is 2.42. The molecule has 0 bridgehead atoms. The van der Waals surface area contributed by atoms with Crippen LogP contribution in [0.15, 0.2) is 48.5 Å². The number of rotatable bonds is 1. The molecule has 0 aliphatic rings. The van der Waals surface area contributed by atoms with Gasteiger partial charge in [0.1, 0.15) is 0 Å². The number of hydrogen-bond acceptors (Lipinski definition) is 0. The molecule has 0 amide bonds. The number of hydrogen-bond donors (Lipinski definition) is 0. The maximum absolute atomic E-state index is 12.7. The third kappa shape index (κ3) is 3.80. The van der Waals surface area contributed by atoms with E-state index in [1.54, 1.807) is 12.1 Å². The average Bonchev–Trinajstić information content (AvgIpc) is 2.36. The number of halogens is 4. The summed E-state index contributed by atoms with van der Waals surface area (Å²) in [6, 6.07) is 12.4. The second kappa shape index (κ2) is 5.42. The van der Waals surface area contributed by atoms with Crippen LogP contribution in [0, 0.1) is 11.8 Å². The van der Waals surface area contributed by atoms with E-state index in [0.717, 1.165) is 17.7 Å². The van der Waals surface area contributed by atoms with Crippen molar-refractivity contribution in [3.05, 3.63) is 64.7 Å². The van der Waals surface area contributed by atoms with E-state index in [4.69, 9.17) is 11.6 Å². The van der Waals surface area contributed by atoms with Crippen molar-refractivity contribution in [1.29, 1.82) is 0 Å². The summed E-state index contributed by atoms with van der Waals surface area (Å²) >= 11 is 5.68. The molecule has 0 N–H and O–H groups in total. The van der Waals surface area contributed by atoms with Crippen LogP contribution in [-0.2, 0) is 0 Å². The van der Waals surface area contributed by atoms with Gasteiger partial charge in [-0.25, -0.2) is 0 Å². The Morgan fingerprint density at radius 3 is 2.11 bits per heavy atom. The number of benzene rings is 2. The molecule has 96 valence electrons. The minimum Gasteiger partial charge on any atom is -0.445 e. The summed E-state index contributed by atoms with van der Waals surface area (Å²) in [6.45, 7) is -5.07. The third-order valence-corrected chi connectivity index (χ3v) is 2.64. The fourth-order valence-electron chi connectivity index (χ4n) is 1.54. The Morgan fingerprint density at radius 2 is 1.47 bits per heavy atom. The SMILES string of the molecule is F[B-](F)(F)c1cc(Cl)cc(C#Cc2ccccc2)c1. The van der Waals surface area contributed by atoms with Crippen molar-refractivity contribution in [3.63, 3.8) is 0 Å². The fourth-order valence-corrected chi connectivity index (χ4v) is 1.78. The topological polar surface area (TPSA) is 0 Å². The largest absolute Gasteiger partial charge is 0.509 e. The zero-order valence-corrected chi connectivity index (χ0v) is 10.5. The van der Waals surface area contributed by atoms with Crippen LogP contribution in [0.4, 0.5) is 12.9 Å². The van der Waals surface area contributed by atoms with Gasteiger partial charge in [0.25, 0.3) is 0 Å². The molecule has 0 atom stereocenters. The molecule has 0 radical (unpaired) electrons. The van der Waals surface area contributed by atoms with Gasteiger partial charge in [0.05, 0.1) is 0 Å². The highest BCUT2D eigenvalue weighted by Gasteiger charge is 2.25. The van der Waals surface area contributed by atoms with Gasteiger partial charge in [-0.3, -0.25) is 0 Å². The van der Waals surface area contributed by atoms with Gasteiger partial charge in [0, 0.05) is 16.1 Å². The molecule has 2 aromatic carbocycles. The predicted molar refractivity (Wildman–Crippen MR) is 72.6 cm³/mol. The van der Waals surface area contributed by atoms with Gasteiger partial charge in [-0.2, -0.15) is 0 Å². The second-order valence-corrected chi connectivity index (χ2v) is 4.40. The molecular weight excluding hydrogens is 271 g/mol. The molecule has 0 saturated heterocycles. The summed E-state index contributed by atoms with van der Waals surface area (Å²) in [5, 5.41) is 0.0362. The maximum atomic E-state index is 12.7. The monoisotopic (exact) mass is 279 g/mol. The summed E-state index contributed by atoms with van der Waals surface area (Å²) in [5.41, 5.74) is 0.261.